The normalized spacial score (nSPS) is 11.9. The Hall–Kier alpha value is -2.36. The van der Waals surface area contributed by atoms with Gasteiger partial charge < -0.3 is 20.3 Å². The van der Waals surface area contributed by atoms with Crippen molar-refractivity contribution in [2.24, 2.45) is 0 Å². The van der Waals surface area contributed by atoms with Crippen LogP contribution in [0, 0.1) is 0 Å². The average molecular weight is 259 g/mol. The third-order valence-electron chi connectivity index (χ3n) is 2.97. The van der Waals surface area contributed by atoms with E-state index in [4.69, 9.17) is 4.74 Å². The minimum Gasteiger partial charge on any atom is -0.507 e. The van der Waals surface area contributed by atoms with Gasteiger partial charge in [0.25, 0.3) is 0 Å². The molecule has 0 amide bonds. The monoisotopic (exact) mass is 259 g/mol. The van der Waals surface area contributed by atoms with Gasteiger partial charge in [-0.25, -0.2) is 0 Å². The number of phenolic OH excluding ortho intramolecular Hbond substituents is 2. The zero-order valence-corrected chi connectivity index (χ0v) is 10.9. The van der Waals surface area contributed by atoms with Crippen molar-refractivity contribution in [3.63, 3.8) is 0 Å². The van der Waals surface area contributed by atoms with E-state index >= 15 is 0 Å². The molecule has 2 rings (SSSR count). The first-order valence-corrected chi connectivity index (χ1v) is 6.04. The smallest absolute Gasteiger partial charge is 0.141 e. The lowest BCUT2D eigenvalue weighted by molar-refractivity contribution is 0.415. The van der Waals surface area contributed by atoms with Crippen LogP contribution in [0.15, 0.2) is 42.5 Å². The maximum Gasteiger partial charge on any atom is 0.141 e. The molecular formula is C15H17NO3. The second-order valence-corrected chi connectivity index (χ2v) is 4.28. The van der Waals surface area contributed by atoms with E-state index in [1.54, 1.807) is 25.3 Å². The SMILES string of the molecule is COc1ccccc1NC(C)c1c(O)cccc1O. The van der Waals surface area contributed by atoms with Crippen molar-refractivity contribution in [2.45, 2.75) is 13.0 Å². The lowest BCUT2D eigenvalue weighted by Gasteiger charge is -2.19. The van der Waals surface area contributed by atoms with Crippen molar-refractivity contribution in [2.75, 3.05) is 12.4 Å². The van der Waals surface area contributed by atoms with Crippen LogP contribution in [0.5, 0.6) is 17.2 Å². The molecule has 1 unspecified atom stereocenters. The van der Waals surface area contributed by atoms with Gasteiger partial charge in [-0.05, 0) is 31.2 Å². The summed E-state index contributed by atoms with van der Waals surface area (Å²) < 4.78 is 5.26. The van der Waals surface area contributed by atoms with Crippen molar-refractivity contribution >= 4 is 5.69 Å². The van der Waals surface area contributed by atoms with E-state index in [-0.39, 0.29) is 17.5 Å². The van der Waals surface area contributed by atoms with E-state index in [1.165, 1.54) is 0 Å². The van der Waals surface area contributed by atoms with Crippen LogP contribution >= 0.6 is 0 Å². The predicted molar refractivity (Wildman–Crippen MR) is 74.8 cm³/mol. The van der Waals surface area contributed by atoms with Crippen molar-refractivity contribution in [3.8, 4) is 17.2 Å². The molecule has 0 heterocycles. The quantitative estimate of drug-likeness (QED) is 0.788. The Bertz CT molecular complexity index is 549. The number of methoxy groups -OCH3 is 1. The third kappa shape index (κ3) is 2.73. The number of hydrogen-bond donors (Lipinski definition) is 3. The van der Waals surface area contributed by atoms with Gasteiger partial charge in [-0.3, -0.25) is 0 Å². The minimum absolute atomic E-state index is 0.0647. The molecule has 100 valence electrons. The number of phenols is 2. The van der Waals surface area contributed by atoms with Crippen LogP contribution in [0.2, 0.25) is 0 Å². The van der Waals surface area contributed by atoms with Crippen molar-refractivity contribution in [3.05, 3.63) is 48.0 Å². The van der Waals surface area contributed by atoms with Gasteiger partial charge in [0, 0.05) is 0 Å². The molecule has 4 heteroatoms. The fraction of sp³-hybridized carbons (Fsp3) is 0.200. The van der Waals surface area contributed by atoms with E-state index < -0.39 is 0 Å². The molecular weight excluding hydrogens is 242 g/mol. The molecule has 3 N–H and O–H groups in total. The molecule has 0 aliphatic carbocycles. The Kier molecular flexibility index (Phi) is 3.80. The molecule has 0 saturated carbocycles. The third-order valence-corrected chi connectivity index (χ3v) is 2.97. The van der Waals surface area contributed by atoms with Gasteiger partial charge in [0.15, 0.2) is 0 Å². The zero-order chi connectivity index (χ0) is 13.8. The van der Waals surface area contributed by atoms with Gasteiger partial charge in [-0.15, -0.1) is 0 Å². The summed E-state index contributed by atoms with van der Waals surface area (Å²) in [7, 11) is 1.60. The summed E-state index contributed by atoms with van der Waals surface area (Å²) in [6, 6.07) is 12.0. The lowest BCUT2D eigenvalue weighted by atomic mass is 10.1. The van der Waals surface area contributed by atoms with Crippen LogP contribution in [0.3, 0.4) is 0 Å². The van der Waals surface area contributed by atoms with Crippen LogP contribution < -0.4 is 10.1 Å². The molecule has 0 aliphatic rings. The number of hydrogen-bond acceptors (Lipinski definition) is 4. The highest BCUT2D eigenvalue weighted by Crippen LogP contribution is 2.35. The second kappa shape index (κ2) is 5.52. The number of benzene rings is 2. The highest BCUT2D eigenvalue weighted by Gasteiger charge is 2.16. The van der Waals surface area contributed by atoms with Crippen LogP contribution in [0.25, 0.3) is 0 Å². The molecule has 1 atom stereocenters. The minimum atomic E-state index is -0.252. The molecule has 0 saturated heterocycles. The van der Waals surface area contributed by atoms with E-state index in [0.717, 1.165) is 5.69 Å². The van der Waals surface area contributed by atoms with Crippen LogP contribution in [-0.4, -0.2) is 17.3 Å². The maximum absolute atomic E-state index is 9.84. The van der Waals surface area contributed by atoms with Gasteiger partial charge in [0.1, 0.15) is 17.2 Å². The largest absolute Gasteiger partial charge is 0.507 e. The molecule has 0 radical (unpaired) electrons. The molecule has 19 heavy (non-hydrogen) atoms. The number of nitrogens with one attached hydrogen (secondary N) is 1. The van der Waals surface area contributed by atoms with Crippen molar-refractivity contribution < 1.29 is 14.9 Å². The Morgan fingerprint density at radius 1 is 1.00 bits per heavy atom. The Balaban J connectivity index is 2.28. The topological polar surface area (TPSA) is 61.7 Å². The van der Waals surface area contributed by atoms with Gasteiger partial charge >= 0.3 is 0 Å². The standard InChI is InChI=1S/C15H17NO3/c1-10(15-12(17)7-5-8-13(15)18)16-11-6-3-4-9-14(11)19-2/h3-10,16-18H,1-2H3. The average Bonchev–Trinajstić information content (AvgIpc) is 2.39. The summed E-state index contributed by atoms with van der Waals surface area (Å²) in [5.41, 5.74) is 1.27. The second-order valence-electron chi connectivity index (χ2n) is 4.28. The molecule has 0 aromatic heterocycles. The van der Waals surface area contributed by atoms with E-state index in [1.807, 2.05) is 31.2 Å². The summed E-state index contributed by atoms with van der Waals surface area (Å²) in [5.74, 6) is 0.842. The number of aromatic hydroxyl groups is 2. The molecule has 2 aromatic carbocycles. The van der Waals surface area contributed by atoms with Gasteiger partial charge in [-0.1, -0.05) is 18.2 Å². The van der Waals surface area contributed by atoms with Crippen molar-refractivity contribution in [1.29, 1.82) is 0 Å². The first-order valence-electron chi connectivity index (χ1n) is 6.04. The summed E-state index contributed by atoms with van der Waals surface area (Å²) in [6.07, 6.45) is 0. The highest BCUT2D eigenvalue weighted by molar-refractivity contribution is 5.59. The van der Waals surface area contributed by atoms with Crippen LogP contribution in [0.4, 0.5) is 5.69 Å². The molecule has 0 aliphatic heterocycles. The molecule has 0 spiro atoms. The molecule has 4 nitrogen and oxygen atoms in total. The number of anilines is 1. The number of ether oxygens (including phenoxy) is 1. The molecule has 0 fully saturated rings. The van der Waals surface area contributed by atoms with E-state index in [0.29, 0.717) is 11.3 Å². The van der Waals surface area contributed by atoms with Crippen molar-refractivity contribution in [1.82, 2.24) is 0 Å². The Morgan fingerprint density at radius 2 is 1.63 bits per heavy atom. The predicted octanol–water partition coefficient (Wildman–Crippen LogP) is 3.28. The zero-order valence-electron chi connectivity index (χ0n) is 10.9. The fourth-order valence-corrected chi connectivity index (χ4v) is 2.05. The van der Waals surface area contributed by atoms with Crippen LogP contribution in [0.1, 0.15) is 18.5 Å². The summed E-state index contributed by atoms with van der Waals surface area (Å²) in [6.45, 7) is 1.86. The van der Waals surface area contributed by atoms with Gasteiger partial charge in [-0.2, -0.15) is 0 Å². The highest BCUT2D eigenvalue weighted by atomic mass is 16.5. The summed E-state index contributed by atoms with van der Waals surface area (Å²) in [5, 5.41) is 22.9. The first kappa shape index (κ1) is 13.1. The molecule has 2 aromatic rings. The Labute approximate surface area is 112 Å². The first-order chi connectivity index (χ1) is 9.13. The number of para-hydroxylation sites is 2. The maximum atomic E-state index is 9.84. The molecule has 0 bridgehead atoms. The summed E-state index contributed by atoms with van der Waals surface area (Å²) >= 11 is 0. The Morgan fingerprint density at radius 3 is 2.26 bits per heavy atom. The van der Waals surface area contributed by atoms with E-state index in [2.05, 4.69) is 5.32 Å². The fourth-order valence-electron chi connectivity index (χ4n) is 2.05. The number of rotatable bonds is 4. The lowest BCUT2D eigenvalue weighted by Crippen LogP contribution is -2.08. The van der Waals surface area contributed by atoms with Gasteiger partial charge in [0.05, 0.1) is 24.4 Å². The summed E-state index contributed by atoms with van der Waals surface area (Å²) in [4.78, 5) is 0. The van der Waals surface area contributed by atoms with Crippen LogP contribution in [-0.2, 0) is 0 Å². The van der Waals surface area contributed by atoms with Gasteiger partial charge in [0.2, 0.25) is 0 Å². The van der Waals surface area contributed by atoms with E-state index in [9.17, 15) is 10.2 Å².